The fourth-order valence-corrected chi connectivity index (χ4v) is 1.29. The van der Waals surface area contributed by atoms with Gasteiger partial charge in [-0.2, -0.15) is 13.2 Å². The van der Waals surface area contributed by atoms with Gasteiger partial charge in [0, 0.05) is 11.8 Å². The molecule has 110 valence electrons. The second kappa shape index (κ2) is 6.83. The molecule has 20 heavy (non-hydrogen) atoms. The van der Waals surface area contributed by atoms with Gasteiger partial charge in [-0.15, -0.1) is 0 Å². The van der Waals surface area contributed by atoms with Gasteiger partial charge < -0.3 is 15.2 Å². The van der Waals surface area contributed by atoms with Gasteiger partial charge in [0.05, 0.1) is 5.56 Å². The summed E-state index contributed by atoms with van der Waals surface area (Å²) in [6, 6.07) is 4.46. The number of carbonyl (C=O) groups is 1. The number of rotatable bonds is 5. The topological polar surface area (TPSA) is 61.6 Å². The summed E-state index contributed by atoms with van der Waals surface area (Å²) in [6.45, 7) is 1.39. The number of allylic oxidation sites excluding steroid dienone is 1. The summed E-state index contributed by atoms with van der Waals surface area (Å²) in [5, 5.41) is 0. The average Bonchev–Trinajstić information content (AvgIpc) is 2.33. The average molecular weight is 289 g/mol. The molecule has 0 heterocycles. The molecule has 2 N–H and O–H groups in total. The predicted molar refractivity (Wildman–Crippen MR) is 65.8 cm³/mol. The van der Waals surface area contributed by atoms with E-state index in [0.29, 0.717) is 5.70 Å². The third-order valence-corrected chi connectivity index (χ3v) is 2.10. The van der Waals surface area contributed by atoms with Gasteiger partial charge in [-0.3, -0.25) is 0 Å². The minimum atomic E-state index is -4.42. The van der Waals surface area contributed by atoms with Crippen LogP contribution in [0.25, 0.3) is 0 Å². The number of halogens is 3. The first kappa shape index (κ1) is 15.9. The number of hydrogen-bond acceptors (Lipinski definition) is 4. The Balaban J connectivity index is 2.43. The van der Waals surface area contributed by atoms with Gasteiger partial charge in [0.15, 0.2) is 0 Å². The maximum absolute atomic E-state index is 12.4. The summed E-state index contributed by atoms with van der Waals surface area (Å²) in [4.78, 5) is 11.1. The summed E-state index contributed by atoms with van der Waals surface area (Å²) in [5.74, 6) is -0.570. The number of nitrogens with two attached hydrogens (primary N) is 1. The Morgan fingerprint density at radius 3 is 2.65 bits per heavy atom. The largest absolute Gasteiger partial charge is 0.490 e. The lowest BCUT2D eigenvalue weighted by molar-refractivity contribution is -0.138. The second-order valence-corrected chi connectivity index (χ2v) is 3.93. The van der Waals surface area contributed by atoms with E-state index in [4.69, 9.17) is 15.2 Å². The first-order chi connectivity index (χ1) is 9.29. The van der Waals surface area contributed by atoms with Crippen molar-refractivity contribution in [3.8, 4) is 5.75 Å². The molecule has 0 saturated carbocycles. The van der Waals surface area contributed by atoms with Crippen LogP contribution in [0.4, 0.5) is 13.2 Å². The molecular formula is C13H14F3NO3. The lowest BCUT2D eigenvalue weighted by Crippen LogP contribution is -2.12. The zero-order valence-electron chi connectivity index (χ0n) is 10.7. The monoisotopic (exact) mass is 289 g/mol. The van der Waals surface area contributed by atoms with Crippen molar-refractivity contribution in [3.63, 3.8) is 0 Å². The molecule has 7 heteroatoms. The van der Waals surface area contributed by atoms with Crippen LogP contribution in [0.3, 0.4) is 0 Å². The molecule has 1 aromatic rings. The Bertz CT molecular complexity index is 494. The van der Waals surface area contributed by atoms with Crippen molar-refractivity contribution >= 4 is 5.97 Å². The molecule has 0 aliphatic rings. The highest BCUT2D eigenvalue weighted by molar-refractivity contribution is 5.82. The number of hydrogen-bond donors (Lipinski definition) is 1. The smallest absolute Gasteiger partial charge is 0.416 e. The van der Waals surface area contributed by atoms with Crippen LogP contribution in [0.2, 0.25) is 0 Å². The van der Waals surface area contributed by atoms with Crippen molar-refractivity contribution in [1.82, 2.24) is 0 Å². The van der Waals surface area contributed by atoms with Crippen molar-refractivity contribution in [2.24, 2.45) is 5.73 Å². The van der Waals surface area contributed by atoms with E-state index in [9.17, 15) is 18.0 Å². The maximum atomic E-state index is 12.4. The number of benzene rings is 1. The van der Waals surface area contributed by atoms with Crippen LogP contribution in [0.15, 0.2) is 36.0 Å². The Morgan fingerprint density at radius 2 is 2.05 bits per heavy atom. The first-order valence-electron chi connectivity index (χ1n) is 5.69. The van der Waals surface area contributed by atoms with Crippen LogP contribution >= 0.6 is 0 Å². The fraction of sp³-hybridized carbons (Fsp3) is 0.308. The van der Waals surface area contributed by atoms with Gasteiger partial charge >= 0.3 is 12.1 Å². The molecule has 0 aliphatic heterocycles. The van der Waals surface area contributed by atoms with E-state index in [-0.39, 0.29) is 19.0 Å². The zero-order chi connectivity index (χ0) is 15.2. The minimum Gasteiger partial charge on any atom is -0.490 e. The summed E-state index contributed by atoms with van der Waals surface area (Å²) < 4.78 is 47.1. The molecule has 1 rings (SSSR count). The lowest BCUT2D eigenvalue weighted by atomic mass is 10.2. The van der Waals surface area contributed by atoms with Crippen molar-refractivity contribution in [1.29, 1.82) is 0 Å². The molecule has 0 unspecified atom stereocenters. The standard InChI is InChI=1S/C13H14F3NO3/c1-9(17)7-12(18)20-6-5-19-11-4-2-3-10(8-11)13(14,15)16/h2-4,7-8H,5-6,17H2,1H3/b9-7-. The molecule has 0 aliphatic carbocycles. The molecule has 0 aromatic heterocycles. The van der Waals surface area contributed by atoms with E-state index in [2.05, 4.69) is 0 Å². The van der Waals surface area contributed by atoms with E-state index >= 15 is 0 Å². The number of esters is 1. The second-order valence-electron chi connectivity index (χ2n) is 3.93. The molecule has 0 fully saturated rings. The van der Waals surface area contributed by atoms with E-state index < -0.39 is 17.7 Å². The summed E-state index contributed by atoms with van der Waals surface area (Å²) in [7, 11) is 0. The maximum Gasteiger partial charge on any atom is 0.416 e. The van der Waals surface area contributed by atoms with Crippen molar-refractivity contribution in [2.45, 2.75) is 13.1 Å². The molecule has 0 radical (unpaired) electrons. The highest BCUT2D eigenvalue weighted by Gasteiger charge is 2.30. The highest BCUT2D eigenvalue weighted by Crippen LogP contribution is 2.31. The van der Waals surface area contributed by atoms with E-state index in [1.807, 2.05) is 0 Å². The van der Waals surface area contributed by atoms with E-state index in [1.165, 1.54) is 19.1 Å². The third kappa shape index (κ3) is 5.64. The fourth-order valence-electron chi connectivity index (χ4n) is 1.29. The summed E-state index contributed by atoms with van der Waals surface area (Å²) in [5.41, 5.74) is 4.77. The predicted octanol–water partition coefficient (Wildman–Crippen LogP) is 2.49. The zero-order valence-corrected chi connectivity index (χ0v) is 10.7. The summed E-state index contributed by atoms with van der Waals surface area (Å²) >= 11 is 0. The Labute approximate surface area is 114 Å². The molecule has 0 bridgehead atoms. The Morgan fingerprint density at radius 1 is 1.35 bits per heavy atom. The van der Waals surface area contributed by atoms with Gasteiger partial charge in [-0.25, -0.2) is 4.79 Å². The van der Waals surface area contributed by atoms with Crippen LogP contribution in [-0.2, 0) is 15.7 Å². The van der Waals surface area contributed by atoms with Gasteiger partial charge in [-0.1, -0.05) is 6.07 Å². The SMILES string of the molecule is C/C(N)=C/C(=O)OCCOc1cccc(C(F)(F)F)c1. The van der Waals surface area contributed by atoms with Crippen LogP contribution in [-0.4, -0.2) is 19.2 Å². The number of alkyl halides is 3. The van der Waals surface area contributed by atoms with Crippen LogP contribution in [0.5, 0.6) is 5.75 Å². The van der Waals surface area contributed by atoms with Gasteiger partial charge in [0.1, 0.15) is 19.0 Å². The van der Waals surface area contributed by atoms with Gasteiger partial charge in [-0.05, 0) is 25.1 Å². The molecule has 1 aromatic carbocycles. The Hall–Kier alpha value is -2.18. The quantitative estimate of drug-likeness (QED) is 0.514. The third-order valence-electron chi connectivity index (χ3n) is 2.10. The van der Waals surface area contributed by atoms with Crippen LogP contribution in [0, 0.1) is 0 Å². The Kier molecular flexibility index (Phi) is 5.42. The molecular weight excluding hydrogens is 275 g/mol. The van der Waals surface area contributed by atoms with Gasteiger partial charge in [0.25, 0.3) is 0 Å². The highest BCUT2D eigenvalue weighted by atomic mass is 19.4. The number of ether oxygens (including phenoxy) is 2. The van der Waals surface area contributed by atoms with Crippen molar-refractivity contribution in [3.05, 3.63) is 41.6 Å². The molecule has 0 atom stereocenters. The van der Waals surface area contributed by atoms with E-state index in [0.717, 1.165) is 18.2 Å². The summed E-state index contributed by atoms with van der Waals surface area (Å²) in [6.07, 6.45) is -3.32. The molecule has 4 nitrogen and oxygen atoms in total. The van der Waals surface area contributed by atoms with Crippen molar-refractivity contribution < 1.29 is 27.4 Å². The molecule has 0 amide bonds. The van der Waals surface area contributed by atoms with Gasteiger partial charge in [0.2, 0.25) is 0 Å². The lowest BCUT2D eigenvalue weighted by Gasteiger charge is -2.10. The van der Waals surface area contributed by atoms with Crippen LogP contribution in [0.1, 0.15) is 12.5 Å². The minimum absolute atomic E-state index is 0.0511. The normalized spacial score (nSPS) is 12.1. The molecule has 0 spiro atoms. The van der Waals surface area contributed by atoms with Crippen molar-refractivity contribution in [2.75, 3.05) is 13.2 Å². The molecule has 0 saturated heterocycles. The van der Waals surface area contributed by atoms with Crippen LogP contribution < -0.4 is 10.5 Å². The first-order valence-corrected chi connectivity index (χ1v) is 5.69. The number of carbonyl (C=O) groups excluding carboxylic acids is 1. The van der Waals surface area contributed by atoms with E-state index in [1.54, 1.807) is 0 Å².